The van der Waals surface area contributed by atoms with Crippen LogP contribution >= 0.6 is 18.1 Å². The molecule has 1 rings (SSSR count). The molecule has 1 N–H and O–H groups in total. The van der Waals surface area contributed by atoms with Crippen molar-refractivity contribution in [3.8, 4) is 5.75 Å². The van der Waals surface area contributed by atoms with Crippen LogP contribution in [0.5, 0.6) is 5.75 Å². The Morgan fingerprint density at radius 2 is 1.86 bits per heavy atom. The number of benzene rings is 1. The number of nitrogens with one attached hydrogen (secondary N) is 1. The van der Waals surface area contributed by atoms with E-state index in [9.17, 15) is 9.36 Å². The van der Waals surface area contributed by atoms with Gasteiger partial charge in [0.05, 0.1) is 0 Å². The lowest BCUT2D eigenvalue weighted by Crippen LogP contribution is -2.35. The number of carbonyl (C=O) groups is 1. The second kappa shape index (κ2) is 8.42. The molecule has 0 radical (unpaired) electrons. The van der Waals surface area contributed by atoms with Crippen LogP contribution in [0.2, 0.25) is 0 Å². The summed E-state index contributed by atoms with van der Waals surface area (Å²) in [6, 6.07) is 7.70. The van der Waals surface area contributed by atoms with Gasteiger partial charge in [-0.1, -0.05) is 32.0 Å². The highest BCUT2D eigenvalue weighted by Crippen LogP contribution is 2.48. The number of para-hydroxylation sites is 1. The first-order chi connectivity index (χ1) is 9.88. The highest BCUT2D eigenvalue weighted by molar-refractivity contribution is 7.84. The Bertz CT molecular complexity index is 493. The molecule has 21 heavy (non-hydrogen) atoms. The highest BCUT2D eigenvalue weighted by Gasteiger charge is 2.28. The van der Waals surface area contributed by atoms with Gasteiger partial charge in [-0.25, -0.2) is 9.65 Å². The molecule has 7 heteroatoms. The smallest absolute Gasteiger partial charge is 0.409 e. The van der Waals surface area contributed by atoms with Gasteiger partial charge >= 0.3 is 12.8 Å². The zero-order chi connectivity index (χ0) is 15.9. The van der Waals surface area contributed by atoms with Crippen LogP contribution in [-0.2, 0) is 14.1 Å². The number of ether oxygens (including phenoxy) is 1. The van der Waals surface area contributed by atoms with Gasteiger partial charge in [-0.15, -0.1) is 0 Å². The first kappa shape index (κ1) is 18.0. The molecule has 5 nitrogen and oxygen atoms in total. The van der Waals surface area contributed by atoms with Gasteiger partial charge in [0, 0.05) is 11.2 Å². The van der Waals surface area contributed by atoms with E-state index in [4.69, 9.17) is 20.5 Å². The van der Waals surface area contributed by atoms with Crippen molar-refractivity contribution in [3.63, 3.8) is 0 Å². The molecule has 0 saturated heterocycles. The highest BCUT2D eigenvalue weighted by atomic mass is 35.7. The van der Waals surface area contributed by atoms with Crippen molar-refractivity contribution in [2.24, 2.45) is 0 Å². The molecule has 0 bridgehead atoms. The van der Waals surface area contributed by atoms with E-state index in [2.05, 4.69) is 5.09 Å². The van der Waals surface area contributed by atoms with E-state index in [-0.39, 0.29) is 6.10 Å². The molecule has 0 saturated carbocycles. The van der Waals surface area contributed by atoms with Gasteiger partial charge in [-0.2, -0.15) is 0 Å². The van der Waals surface area contributed by atoms with Crippen LogP contribution in [0.4, 0.5) is 0 Å². The summed E-state index contributed by atoms with van der Waals surface area (Å²) in [6.07, 6.45) is 1.31. The number of hydrogen-bond acceptors (Lipinski definition) is 4. The van der Waals surface area contributed by atoms with E-state index in [1.54, 1.807) is 30.3 Å². The largest absolute Gasteiger partial charge is 0.461 e. The van der Waals surface area contributed by atoms with Crippen molar-refractivity contribution in [1.29, 1.82) is 0 Å². The lowest BCUT2D eigenvalue weighted by atomic mass is 10.2. The van der Waals surface area contributed by atoms with Gasteiger partial charge in [0.15, 0.2) is 0 Å². The summed E-state index contributed by atoms with van der Waals surface area (Å²) >= 11 is 5.83. The molecule has 0 aliphatic rings. The van der Waals surface area contributed by atoms with Crippen LogP contribution in [0.3, 0.4) is 0 Å². The van der Waals surface area contributed by atoms with E-state index in [1.165, 1.54) is 6.92 Å². The fourth-order valence-electron chi connectivity index (χ4n) is 1.65. The Morgan fingerprint density at radius 3 is 2.38 bits per heavy atom. The third-order valence-electron chi connectivity index (χ3n) is 2.86. The van der Waals surface area contributed by atoms with Gasteiger partial charge < -0.3 is 9.26 Å². The van der Waals surface area contributed by atoms with Gasteiger partial charge in [0.2, 0.25) is 0 Å². The molecule has 0 aromatic heterocycles. The molecule has 1 aromatic carbocycles. The van der Waals surface area contributed by atoms with Crippen LogP contribution in [-0.4, -0.2) is 18.1 Å². The molecule has 0 spiro atoms. The minimum atomic E-state index is -3.66. The Hall–Kier alpha value is -1.03. The number of hydrogen-bond donors (Lipinski definition) is 1. The maximum atomic E-state index is 12.1. The minimum Gasteiger partial charge on any atom is -0.461 e. The average molecular weight is 334 g/mol. The Morgan fingerprint density at radius 1 is 1.29 bits per heavy atom. The van der Waals surface area contributed by atoms with Crippen molar-refractivity contribution >= 4 is 24.1 Å². The van der Waals surface area contributed by atoms with Crippen LogP contribution in [0, 0.1) is 0 Å². The first-order valence-electron chi connectivity index (χ1n) is 6.90. The molecule has 0 fully saturated rings. The summed E-state index contributed by atoms with van der Waals surface area (Å²) in [6.45, 7) is 1.74. The molecule has 2 unspecified atom stereocenters. The molecular formula is C14H21ClNO4P. The number of halogens is 1. The summed E-state index contributed by atoms with van der Waals surface area (Å²) < 4.78 is 22.6. The van der Waals surface area contributed by atoms with Crippen LogP contribution in [0.15, 0.2) is 30.3 Å². The zero-order valence-corrected chi connectivity index (χ0v) is 14.1. The monoisotopic (exact) mass is 333 g/mol. The van der Waals surface area contributed by atoms with Gasteiger partial charge in [0.25, 0.3) is 0 Å². The van der Waals surface area contributed by atoms with Crippen molar-refractivity contribution in [2.75, 3.05) is 0 Å². The SMILES string of the molecule is CCC(CC)OC(=O)C(C)NP(=O)(Cl)Oc1ccccc1. The fraction of sp³-hybridized carbons (Fsp3) is 0.500. The second-order valence-corrected chi connectivity index (χ2v) is 7.35. The predicted molar refractivity (Wildman–Crippen MR) is 83.6 cm³/mol. The normalized spacial score (nSPS) is 15.3. The lowest BCUT2D eigenvalue weighted by Gasteiger charge is -2.20. The third-order valence-corrected chi connectivity index (χ3v) is 4.50. The molecule has 0 aliphatic heterocycles. The summed E-state index contributed by atoms with van der Waals surface area (Å²) in [4.78, 5) is 11.9. The minimum absolute atomic E-state index is 0.147. The summed E-state index contributed by atoms with van der Waals surface area (Å²) in [5.41, 5.74) is 0. The van der Waals surface area contributed by atoms with Gasteiger partial charge in [-0.05, 0) is 31.9 Å². The number of carbonyl (C=O) groups excluding carboxylic acids is 1. The second-order valence-electron chi connectivity index (χ2n) is 4.61. The molecule has 0 heterocycles. The maximum absolute atomic E-state index is 12.1. The van der Waals surface area contributed by atoms with E-state index < -0.39 is 18.9 Å². The van der Waals surface area contributed by atoms with E-state index in [1.807, 2.05) is 13.8 Å². The summed E-state index contributed by atoms with van der Waals surface area (Å²) in [5, 5.41) is 2.48. The van der Waals surface area contributed by atoms with Crippen molar-refractivity contribution < 1.29 is 18.6 Å². The molecule has 0 aliphatic carbocycles. The zero-order valence-electron chi connectivity index (χ0n) is 12.4. The van der Waals surface area contributed by atoms with Crippen molar-refractivity contribution in [3.05, 3.63) is 30.3 Å². The van der Waals surface area contributed by atoms with Crippen molar-refractivity contribution in [1.82, 2.24) is 5.09 Å². The maximum Gasteiger partial charge on any atom is 0.409 e. The Labute approximate surface area is 130 Å². The van der Waals surface area contributed by atoms with E-state index in [0.29, 0.717) is 5.75 Å². The Kier molecular flexibility index (Phi) is 7.23. The van der Waals surface area contributed by atoms with E-state index in [0.717, 1.165) is 12.8 Å². The summed E-state index contributed by atoms with van der Waals surface area (Å²) in [5.74, 6) is -0.134. The van der Waals surface area contributed by atoms with Gasteiger partial charge in [-0.3, -0.25) is 4.79 Å². The van der Waals surface area contributed by atoms with Gasteiger partial charge in [0.1, 0.15) is 17.9 Å². The summed E-state index contributed by atoms with van der Waals surface area (Å²) in [7, 11) is 0. The average Bonchev–Trinajstić information content (AvgIpc) is 2.44. The predicted octanol–water partition coefficient (Wildman–Crippen LogP) is 4.12. The Balaban J connectivity index is 2.57. The molecular weight excluding hydrogens is 313 g/mol. The number of rotatable bonds is 8. The first-order valence-corrected chi connectivity index (χ1v) is 9.43. The van der Waals surface area contributed by atoms with Crippen LogP contribution < -0.4 is 9.61 Å². The lowest BCUT2D eigenvalue weighted by molar-refractivity contribution is -0.151. The molecule has 0 amide bonds. The quantitative estimate of drug-likeness (QED) is 0.572. The topological polar surface area (TPSA) is 64.6 Å². The van der Waals surface area contributed by atoms with Crippen LogP contribution in [0.25, 0.3) is 0 Å². The molecule has 118 valence electrons. The number of esters is 1. The molecule has 2 atom stereocenters. The third kappa shape index (κ3) is 6.51. The van der Waals surface area contributed by atoms with E-state index >= 15 is 0 Å². The standard InChI is InChI=1S/C14H21ClNO4P/c1-4-12(5-2)19-14(17)11(3)16-21(15,18)20-13-9-7-6-8-10-13/h6-12H,4-5H2,1-3H3,(H,16,18). The molecule has 1 aromatic rings. The fourth-order valence-corrected chi connectivity index (χ4v) is 3.34. The van der Waals surface area contributed by atoms with Crippen molar-refractivity contribution in [2.45, 2.75) is 45.8 Å². The van der Waals surface area contributed by atoms with Crippen LogP contribution in [0.1, 0.15) is 33.6 Å².